The first-order valence-corrected chi connectivity index (χ1v) is 5.69. The van der Waals surface area contributed by atoms with Gasteiger partial charge in [0.05, 0.1) is 13.3 Å². The van der Waals surface area contributed by atoms with Crippen molar-refractivity contribution >= 4 is 0 Å². The molecule has 1 heterocycles. The van der Waals surface area contributed by atoms with Gasteiger partial charge in [-0.1, -0.05) is 6.07 Å². The molecule has 4 nitrogen and oxygen atoms in total. The van der Waals surface area contributed by atoms with Gasteiger partial charge >= 0.3 is 0 Å². The van der Waals surface area contributed by atoms with Crippen LogP contribution in [0, 0.1) is 5.82 Å². The number of ether oxygens (including phenoxy) is 1. The number of aromatic nitrogens is 2. The Hall–Kier alpha value is -1.88. The Bertz CT molecular complexity index is 540. The lowest BCUT2D eigenvalue weighted by molar-refractivity contribution is 0.219. The Morgan fingerprint density at radius 1 is 1.44 bits per heavy atom. The van der Waals surface area contributed by atoms with E-state index in [4.69, 9.17) is 4.74 Å². The molecule has 18 heavy (non-hydrogen) atoms. The van der Waals surface area contributed by atoms with Crippen molar-refractivity contribution in [3.05, 3.63) is 47.5 Å². The average molecular weight is 250 g/mol. The summed E-state index contributed by atoms with van der Waals surface area (Å²) in [7, 11) is 1.39. The van der Waals surface area contributed by atoms with E-state index < -0.39 is 11.9 Å². The Labute approximate surface area is 105 Å². The summed E-state index contributed by atoms with van der Waals surface area (Å²) in [5.41, 5.74) is 1.24. The molecule has 1 unspecified atom stereocenters. The zero-order valence-corrected chi connectivity index (χ0v) is 10.3. The van der Waals surface area contributed by atoms with Crippen molar-refractivity contribution in [3.8, 4) is 5.75 Å². The number of aryl methyl sites for hydroxylation is 1. The highest BCUT2D eigenvalue weighted by Gasteiger charge is 2.14. The minimum atomic E-state index is -0.834. The van der Waals surface area contributed by atoms with Gasteiger partial charge in [0.1, 0.15) is 6.10 Å². The zero-order valence-electron chi connectivity index (χ0n) is 10.3. The van der Waals surface area contributed by atoms with Crippen LogP contribution < -0.4 is 4.74 Å². The van der Waals surface area contributed by atoms with E-state index in [1.54, 1.807) is 17.1 Å². The summed E-state index contributed by atoms with van der Waals surface area (Å²) in [5, 5.41) is 14.3. The zero-order chi connectivity index (χ0) is 13.1. The Morgan fingerprint density at radius 2 is 2.22 bits per heavy atom. The fourth-order valence-electron chi connectivity index (χ4n) is 1.73. The van der Waals surface area contributed by atoms with Crippen LogP contribution in [-0.2, 0) is 6.54 Å². The molecule has 0 fully saturated rings. The number of halogens is 1. The number of aliphatic hydroxyl groups is 1. The number of aliphatic hydroxyl groups excluding tert-OH is 1. The maximum Gasteiger partial charge on any atom is 0.165 e. The van der Waals surface area contributed by atoms with E-state index in [-0.39, 0.29) is 5.75 Å². The van der Waals surface area contributed by atoms with Crippen LogP contribution in [0.5, 0.6) is 5.75 Å². The van der Waals surface area contributed by atoms with Crippen LogP contribution in [0.4, 0.5) is 4.39 Å². The number of methoxy groups -OCH3 is 1. The first kappa shape index (κ1) is 12.6. The molecule has 0 aliphatic carbocycles. The third-order valence-corrected chi connectivity index (χ3v) is 2.78. The van der Waals surface area contributed by atoms with Crippen LogP contribution in [0.25, 0.3) is 0 Å². The number of nitrogens with zero attached hydrogens (tertiary/aromatic N) is 2. The van der Waals surface area contributed by atoms with E-state index in [1.165, 1.54) is 25.3 Å². The molecular formula is C13H15FN2O2. The second kappa shape index (κ2) is 5.18. The minimum absolute atomic E-state index is 0.120. The molecule has 0 aliphatic rings. The molecule has 5 heteroatoms. The number of hydrogen-bond donors (Lipinski definition) is 1. The summed E-state index contributed by atoms with van der Waals surface area (Å²) in [5.74, 6) is -0.327. The second-order valence-corrected chi connectivity index (χ2v) is 3.93. The first-order chi connectivity index (χ1) is 8.65. The van der Waals surface area contributed by atoms with Gasteiger partial charge in [0.15, 0.2) is 11.6 Å². The van der Waals surface area contributed by atoms with Crippen LogP contribution in [0.15, 0.2) is 30.6 Å². The summed E-state index contributed by atoms with van der Waals surface area (Å²) < 4.78 is 19.9. The number of benzene rings is 1. The van der Waals surface area contributed by atoms with Gasteiger partial charge in [-0.25, -0.2) is 4.39 Å². The predicted molar refractivity (Wildman–Crippen MR) is 64.9 cm³/mol. The monoisotopic (exact) mass is 250 g/mol. The lowest BCUT2D eigenvalue weighted by atomic mass is 10.0. The minimum Gasteiger partial charge on any atom is -0.494 e. The SMILES string of the molecule is CCn1cc(C(O)c2ccc(F)c(OC)c2)cn1. The molecule has 0 bridgehead atoms. The Balaban J connectivity index is 2.30. The molecular weight excluding hydrogens is 235 g/mol. The number of hydrogen-bond acceptors (Lipinski definition) is 3. The van der Waals surface area contributed by atoms with Gasteiger partial charge in [0, 0.05) is 18.3 Å². The van der Waals surface area contributed by atoms with E-state index in [1.807, 2.05) is 6.92 Å². The van der Waals surface area contributed by atoms with Crippen LogP contribution in [0.1, 0.15) is 24.2 Å². The third-order valence-electron chi connectivity index (χ3n) is 2.78. The molecule has 0 saturated heterocycles. The quantitative estimate of drug-likeness (QED) is 0.904. The highest BCUT2D eigenvalue weighted by Crippen LogP contribution is 2.26. The van der Waals surface area contributed by atoms with E-state index in [0.29, 0.717) is 11.1 Å². The third kappa shape index (κ3) is 2.36. The molecule has 0 aliphatic heterocycles. The van der Waals surface area contributed by atoms with Crippen LogP contribution >= 0.6 is 0 Å². The lowest BCUT2D eigenvalue weighted by Gasteiger charge is -2.10. The molecule has 96 valence electrons. The number of rotatable bonds is 4. The standard InChI is InChI=1S/C13H15FN2O2/c1-3-16-8-10(7-15-16)13(17)9-4-5-11(14)12(6-9)18-2/h4-8,13,17H,3H2,1-2H3. The van der Waals surface area contributed by atoms with E-state index in [0.717, 1.165) is 6.54 Å². The van der Waals surface area contributed by atoms with Crippen molar-refractivity contribution in [2.75, 3.05) is 7.11 Å². The molecule has 1 atom stereocenters. The predicted octanol–water partition coefficient (Wildman–Crippen LogP) is 2.13. The molecule has 2 rings (SSSR count). The first-order valence-electron chi connectivity index (χ1n) is 5.69. The fourth-order valence-corrected chi connectivity index (χ4v) is 1.73. The molecule has 1 aromatic heterocycles. The maximum absolute atomic E-state index is 13.3. The highest BCUT2D eigenvalue weighted by atomic mass is 19.1. The largest absolute Gasteiger partial charge is 0.494 e. The summed E-state index contributed by atoms with van der Waals surface area (Å²) in [4.78, 5) is 0. The molecule has 1 N–H and O–H groups in total. The van der Waals surface area contributed by atoms with Crippen LogP contribution in [-0.4, -0.2) is 22.0 Å². The van der Waals surface area contributed by atoms with Gasteiger partial charge in [0.2, 0.25) is 0 Å². The van der Waals surface area contributed by atoms with Crippen molar-refractivity contribution in [1.29, 1.82) is 0 Å². The van der Waals surface area contributed by atoms with Gasteiger partial charge in [-0.15, -0.1) is 0 Å². The topological polar surface area (TPSA) is 47.3 Å². The van der Waals surface area contributed by atoms with E-state index >= 15 is 0 Å². The van der Waals surface area contributed by atoms with E-state index in [2.05, 4.69) is 5.10 Å². The Kier molecular flexibility index (Phi) is 3.62. The van der Waals surface area contributed by atoms with Crippen molar-refractivity contribution in [2.24, 2.45) is 0 Å². The molecule has 0 radical (unpaired) electrons. The molecule has 2 aromatic rings. The highest BCUT2D eigenvalue weighted by molar-refractivity contribution is 5.35. The molecule has 0 spiro atoms. The maximum atomic E-state index is 13.3. The van der Waals surface area contributed by atoms with Crippen molar-refractivity contribution < 1.29 is 14.2 Å². The average Bonchev–Trinajstić information content (AvgIpc) is 2.87. The smallest absolute Gasteiger partial charge is 0.165 e. The summed E-state index contributed by atoms with van der Waals surface area (Å²) >= 11 is 0. The fraction of sp³-hybridized carbons (Fsp3) is 0.308. The second-order valence-electron chi connectivity index (χ2n) is 3.93. The molecule has 0 saturated carbocycles. The summed E-state index contributed by atoms with van der Waals surface area (Å²) in [6, 6.07) is 4.30. The van der Waals surface area contributed by atoms with Gasteiger partial charge in [-0.2, -0.15) is 5.10 Å². The Morgan fingerprint density at radius 3 is 2.83 bits per heavy atom. The van der Waals surface area contributed by atoms with Gasteiger partial charge < -0.3 is 9.84 Å². The van der Waals surface area contributed by atoms with Gasteiger partial charge in [0.25, 0.3) is 0 Å². The van der Waals surface area contributed by atoms with Crippen molar-refractivity contribution in [1.82, 2.24) is 9.78 Å². The lowest BCUT2D eigenvalue weighted by Crippen LogP contribution is -2.00. The normalized spacial score (nSPS) is 12.4. The van der Waals surface area contributed by atoms with Gasteiger partial charge in [-0.05, 0) is 24.6 Å². The van der Waals surface area contributed by atoms with Crippen LogP contribution in [0.2, 0.25) is 0 Å². The molecule has 1 aromatic carbocycles. The summed E-state index contributed by atoms with van der Waals surface area (Å²) in [6.07, 6.45) is 2.53. The van der Waals surface area contributed by atoms with E-state index in [9.17, 15) is 9.50 Å². The van der Waals surface area contributed by atoms with Gasteiger partial charge in [-0.3, -0.25) is 4.68 Å². The summed E-state index contributed by atoms with van der Waals surface area (Å²) in [6.45, 7) is 2.70. The van der Waals surface area contributed by atoms with Crippen LogP contribution in [0.3, 0.4) is 0 Å². The molecule has 0 amide bonds. The van der Waals surface area contributed by atoms with Crippen molar-refractivity contribution in [3.63, 3.8) is 0 Å². The van der Waals surface area contributed by atoms with Crippen molar-refractivity contribution in [2.45, 2.75) is 19.6 Å².